The third-order valence-corrected chi connectivity index (χ3v) is 3.35. The van der Waals surface area contributed by atoms with E-state index in [2.05, 4.69) is 32.6 Å². The molecule has 0 saturated heterocycles. The Balaban J connectivity index is 2.15. The van der Waals surface area contributed by atoms with E-state index in [-0.39, 0.29) is 0 Å². The molecule has 1 rings (SSSR count). The van der Waals surface area contributed by atoms with E-state index < -0.39 is 0 Å². The van der Waals surface area contributed by atoms with Crippen LogP contribution in [0.5, 0.6) is 0 Å². The van der Waals surface area contributed by atoms with Crippen molar-refractivity contribution in [1.82, 2.24) is 4.90 Å². The van der Waals surface area contributed by atoms with E-state index in [0.29, 0.717) is 11.5 Å². The van der Waals surface area contributed by atoms with Crippen LogP contribution in [0.3, 0.4) is 0 Å². The van der Waals surface area contributed by atoms with E-state index in [4.69, 9.17) is 5.73 Å². The monoisotopic (exact) mass is 226 g/mol. The molecule has 0 aliphatic heterocycles. The van der Waals surface area contributed by atoms with Gasteiger partial charge in [0.1, 0.15) is 0 Å². The Morgan fingerprint density at radius 2 is 1.94 bits per heavy atom. The summed E-state index contributed by atoms with van der Waals surface area (Å²) in [6.45, 7) is 12.7. The largest absolute Gasteiger partial charge is 0.328 e. The zero-order valence-corrected chi connectivity index (χ0v) is 11.6. The zero-order valence-electron chi connectivity index (χ0n) is 11.6. The van der Waals surface area contributed by atoms with Gasteiger partial charge in [0.05, 0.1) is 0 Å². The summed E-state index contributed by atoms with van der Waals surface area (Å²) in [6.07, 6.45) is 5.18. The van der Waals surface area contributed by atoms with Crippen LogP contribution in [0.15, 0.2) is 0 Å². The molecule has 1 aliphatic rings. The maximum Gasteiger partial charge on any atom is 0.00559 e. The summed E-state index contributed by atoms with van der Waals surface area (Å²) in [5.41, 5.74) is 6.55. The van der Waals surface area contributed by atoms with Crippen molar-refractivity contribution in [1.29, 1.82) is 0 Å². The van der Waals surface area contributed by atoms with Crippen LogP contribution in [0.2, 0.25) is 0 Å². The average molecular weight is 226 g/mol. The highest BCUT2D eigenvalue weighted by molar-refractivity contribution is 4.78. The minimum absolute atomic E-state index is 0.368. The second-order valence-electron chi connectivity index (χ2n) is 6.65. The van der Waals surface area contributed by atoms with Crippen molar-refractivity contribution in [3.05, 3.63) is 0 Å². The van der Waals surface area contributed by atoms with Crippen LogP contribution >= 0.6 is 0 Å². The zero-order chi connectivity index (χ0) is 12.2. The summed E-state index contributed by atoms with van der Waals surface area (Å²) < 4.78 is 0. The first-order chi connectivity index (χ1) is 7.40. The molecule has 16 heavy (non-hydrogen) atoms. The van der Waals surface area contributed by atoms with Crippen molar-refractivity contribution in [2.45, 2.75) is 59.4 Å². The van der Waals surface area contributed by atoms with E-state index >= 15 is 0 Å². The number of rotatable bonds is 7. The van der Waals surface area contributed by atoms with Gasteiger partial charge < -0.3 is 10.6 Å². The van der Waals surface area contributed by atoms with Crippen LogP contribution in [-0.4, -0.2) is 30.6 Å². The molecule has 1 atom stereocenters. The maximum absolute atomic E-state index is 6.18. The number of nitrogens with zero attached hydrogens (tertiary/aromatic N) is 1. The highest BCUT2D eigenvalue weighted by Crippen LogP contribution is 2.29. The van der Waals surface area contributed by atoms with E-state index in [9.17, 15) is 0 Å². The topological polar surface area (TPSA) is 29.3 Å². The lowest BCUT2D eigenvalue weighted by atomic mass is 9.87. The standard InChI is InChI=1S/C14H30N2/c1-5-16(11-12-6-7-12)9-8-13(15)10-14(2,3)4/h12-13H,5-11,15H2,1-4H3. The highest BCUT2D eigenvalue weighted by Gasteiger charge is 2.24. The molecular formula is C14H30N2. The molecule has 0 radical (unpaired) electrons. The van der Waals surface area contributed by atoms with Crippen LogP contribution in [0, 0.1) is 11.3 Å². The average Bonchev–Trinajstić information content (AvgIpc) is 2.92. The Bertz CT molecular complexity index is 191. The first-order valence-corrected chi connectivity index (χ1v) is 6.88. The first-order valence-electron chi connectivity index (χ1n) is 6.88. The molecule has 1 aliphatic carbocycles. The molecule has 0 aromatic heterocycles. The quantitative estimate of drug-likeness (QED) is 0.723. The van der Waals surface area contributed by atoms with Gasteiger partial charge in [-0.1, -0.05) is 27.7 Å². The molecule has 2 nitrogen and oxygen atoms in total. The fraction of sp³-hybridized carbons (Fsp3) is 1.00. The Morgan fingerprint density at radius 1 is 1.31 bits per heavy atom. The van der Waals surface area contributed by atoms with Crippen molar-refractivity contribution in [2.24, 2.45) is 17.1 Å². The Kier molecular flexibility index (Phi) is 5.26. The lowest BCUT2D eigenvalue weighted by Crippen LogP contribution is -2.33. The van der Waals surface area contributed by atoms with Crippen LogP contribution in [0.4, 0.5) is 0 Å². The summed E-state index contributed by atoms with van der Waals surface area (Å²) in [4.78, 5) is 2.57. The molecule has 2 N–H and O–H groups in total. The Hall–Kier alpha value is -0.0800. The van der Waals surface area contributed by atoms with Gasteiger partial charge in [0.15, 0.2) is 0 Å². The van der Waals surface area contributed by atoms with Gasteiger partial charge in [-0.2, -0.15) is 0 Å². The summed E-state index contributed by atoms with van der Waals surface area (Å²) in [5.74, 6) is 0.999. The van der Waals surface area contributed by atoms with Crippen molar-refractivity contribution in [3.8, 4) is 0 Å². The molecule has 0 spiro atoms. The summed E-state index contributed by atoms with van der Waals surface area (Å²) in [5, 5.41) is 0. The van der Waals surface area contributed by atoms with Crippen LogP contribution in [-0.2, 0) is 0 Å². The van der Waals surface area contributed by atoms with E-state index in [0.717, 1.165) is 18.8 Å². The predicted octanol–water partition coefficient (Wildman–Crippen LogP) is 2.87. The summed E-state index contributed by atoms with van der Waals surface area (Å²) in [7, 11) is 0. The van der Waals surface area contributed by atoms with E-state index in [1.807, 2.05) is 0 Å². The Morgan fingerprint density at radius 3 is 2.38 bits per heavy atom. The molecular weight excluding hydrogens is 196 g/mol. The van der Waals surface area contributed by atoms with Gasteiger partial charge >= 0.3 is 0 Å². The predicted molar refractivity (Wildman–Crippen MR) is 71.5 cm³/mol. The van der Waals surface area contributed by atoms with Gasteiger partial charge in [-0.15, -0.1) is 0 Å². The van der Waals surface area contributed by atoms with Gasteiger partial charge in [0.2, 0.25) is 0 Å². The van der Waals surface area contributed by atoms with Crippen molar-refractivity contribution in [2.75, 3.05) is 19.6 Å². The van der Waals surface area contributed by atoms with Gasteiger partial charge in [0, 0.05) is 12.6 Å². The van der Waals surface area contributed by atoms with Gasteiger partial charge in [-0.05, 0) is 50.1 Å². The lowest BCUT2D eigenvalue weighted by molar-refractivity contribution is 0.248. The van der Waals surface area contributed by atoms with Crippen LogP contribution < -0.4 is 5.73 Å². The maximum atomic E-state index is 6.18. The molecule has 96 valence electrons. The lowest BCUT2D eigenvalue weighted by Gasteiger charge is -2.26. The van der Waals surface area contributed by atoms with E-state index in [1.54, 1.807) is 0 Å². The second kappa shape index (κ2) is 6.02. The van der Waals surface area contributed by atoms with Gasteiger partial charge in [0.25, 0.3) is 0 Å². The minimum Gasteiger partial charge on any atom is -0.328 e. The van der Waals surface area contributed by atoms with Crippen molar-refractivity contribution >= 4 is 0 Å². The SMILES string of the molecule is CCN(CCC(N)CC(C)(C)C)CC1CC1. The summed E-state index contributed by atoms with van der Waals surface area (Å²) in [6, 6.07) is 0.369. The van der Waals surface area contributed by atoms with Gasteiger partial charge in [-0.3, -0.25) is 0 Å². The minimum atomic E-state index is 0.368. The fourth-order valence-electron chi connectivity index (χ4n) is 2.28. The van der Waals surface area contributed by atoms with Crippen LogP contribution in [0.1, 0.15) is 53.4 Å². The molecule has 0 bridgehead atoms. The number of hydrogen-bond donors (Lipinski definition) is 1. The third-order valence-electron chi connectivity index (χ3n) is 3.35. The molecule has 1 fully saturated rings. The van der Waals surface area contributed by atoms with Crippen LogP contribution in [0.25, 0.3) is 0 Å². The number of hydrogen-bond acceptors (Lipinski definition) is 2. The summed E-state index contributed by atoms with van der Waals surface area (Å²) >= 11 is 0. The first kappa shape index (κ1) is 14.0. The Labute approximate surface area is 102 Å². The molecule has 0 aromatic carbocycles. The second-order valence-corrected chi connectivity index (χ2v) is 6.65. The van der Waals surface area contributed by atoms with E-state index in [1.165, 1.54) is 32.5 Å². The molecule has 1 saturated carbocycles. The number of nitrogens with two attached hydrogens (primary N) is 1. The molecule has 1 unspecified atom stereocenters. The third kappa shape index (κ3) is 6.49. The molecule has 0 amide bonds. The fourth-order valence-corrected chi connectivity index (χ4v) is 2.28. The smallest absolute Gasteiger partial charge is 0.00559 e. The van der Waals surface area contributed by atoms with Crippen molar-refractivity contribution < 1.29 is 0 Å². The molecule has 2 heteroatoms. The molecule has 0 heterocycles. The van der Waals surface area contributed by atoms with Crippen molar-refractivity contribution in [3.63, 3.8) is 0 Å². The highest BCUT2D eigenvalue weighted by atomic mass is 15.1. The van der Waals surface area contributed by atoms with Gasteiger partial charge in [-0.25, -0.2) is 0 Å². The molecule has 0 aromatic rings. The normalized spacial score (nSPS) is 19.1.